The van der Waals surface area contributed by atoms with Crippen LogP contribution in [0.4, 0.5) is 10.1 Å². The summed E-state index contributed by atoms with van der Waals surface area (Å²) in [6.45, 7) is 1.28. The molecule has 0 aliphatic carbocycles. The van der Waals surface area contributed by atoms with Crippen molar-refractivity contribution in [2.24, 2.45) is 0 Å². The number of rotatable bonds is 3. The number of benzene rings is 1. The standard InChI is InChI=1S/C11H13FN2O3/c1-7(6-15)13-10(16)11(17)14-9-4-2-3-8(12)5-9/h2-5,7,15H,6H2,1H3,(H,13,16)(H,14,17). The summed E-state index contributed by atoms with van der Waals surface area (Å²) in [6.07, 6.45) is 0. The quantitative estimate of drug-likeness (QED) is 0.663. The number of carbonyl (C=O) groups excluding carboxylic acids is 2. The maximum absolute atomic E-state index is 12.8. The van der Waals surface area contributed by atoms with Crippen LogP contribution in [-0.4, -0.2) is 29.6 Å². The molecule has 0 aliphatic heterocycles. The fourth-order valence-corrected chi connectivity index (χ4v) is 1.09. The van der Waals surface area contributed by atoms with E-state index in [2.05, 4.69) is 10.6 Å². The van der Waals surface area contributed by atoms with Crippen molar-refractivity contribution in [2.45, 2.75) is 13.0 Å². The molecular formula is C11H13FN2O3. The zero-order valence-electron chi connectivity index (χ0n) is 9.24. The fourth-order valence-electron chi connectivity index (χ4n) is 1.09. The highest BCUT2D eigenvalue weighted by molar-refractivity contribution is 6.39. The van der Waals surface area contributed by atoms with Gasteiger partial charge < -0.3 is 15.7 Å². The van der Waals surface area contributed by atoms with Gasteiger partial charge in [-0.25, -0.2) is 4.39 Å². The van der Waals surface area contributed by atoms with E-state index in [1.54, 1.807) is 6.92 Å². The minimum Gasteiger partial charge on any atom is -0.394 e. The zero-order chi connectivity index (χ0) is 12.8. The third-order valence-corrected chi connectivity index (χ3v) is 1.94. The van der Waals surface area contributed by atoms with E-state index in [-0.39, 0.29) is 12.3 Å². The second kappa shape index (κ2) is 5.95. The third-order valence-electron chi connectivity index (χ3n) is 1.94. The maximum atomic E-state index is 12.8. The Morgan fingerprint density at radius 3 is 2.71 bits per heavy atom. The van der Waals surface area contributed by atoms with Gasteiger partial charge in [-0.15, -0.1) is 0 Å². The molecule has 17 heavy (non-hydrogen) atoms. The smallest absolute Gasteiger partial charge is 0.313 e. The number of nitrogens with one attached hydrogen (secondary N) is 2. The Labute approximate surface area is 97.6 Å². The first-order valence-electron chi connectivity index (χ1n) is 5.01. The molecule has 1 unspecified atom stereocenters. The van der Waals surface area contributed by atoms with Crippen molar-refractivity contribution in [2.75, 3.05) is 11.9 Å². The predicted octanol–water partition coefficient (Wildman–Crippen LogP) is 0.261. The molecule has 0 bridgehead atoms. The number of carbonyl (C=O) groups is 2. The van der Waals surface area contributed by atoms with Gasteiger partial charge in [0, 0.05) is 11.7 Å². The molecule has 6 heteroatoms. The first kappa shape index (κ1) is 13.1. The Morgan fingerprint density at radius 1 is 1.41 bits per heavy atom. The van der Waals surface area contributed by atoms with Gasteiger partial charge in [0.15, 0.2) is 0 Å². The van der Waals surface area contributed by atoms with Crippen LogP contribution < -0.4 is 10.6 Å². The summed E-state index contributed by atoms with van der Waals surface area (Å²) in [6, 6.07) is 4.69. The lowest BCUT2D eigenvalue weighted by Crippen LogP contribution is -2.42. The van der Waals surface area contributed by atoms with Crippen molar-refractivity contribution in [3.8, 4) is 0 Å². The monoisotopic (exact) mass is 240 g/mol. The minimum atomic E-state index is -0.907. The number of hydrogen-bond acceptors (Lipinski definition) is 3. The molecule has 1 atom stereocenters. The van der Waals surface area contributed by atoms with Gasteiger partial charge in [-0.05, 0) is 25.1 Å². The third kappa shape index (κ3) is 4.20. The van der Waals surface area contributed by atoms with Crippen molar-refractivity contribution in [1.29, 1.82) is 0 Å². The Balaban J connectivity index is 2.57. The van der Waals surface area contributed by atoms with E-state index < -0.39 is 23.7 Å². The largest absolute Gasteiger partial charge is 0.394 e. The summed E-state index contributed by atoms with van der Waals surface area (Å²) in [4.78, 5) is 22.6. The number of anilines is 1. The molecule has 0 radical (unpaired) electrons. The Hall–Kier alpha value is -1.95. The van der Waals surface area contributed by atoms with Crippen LogP contribution in [-0.2, 0) is 9.59 Å². The maximum Gasteiger partial charge on any atom is 0.313 e. The van der Waals surface area contributed by atoms with Crippen LogP contribution >= 0.6 is 0 Å². The first-order valence-corrected chi connectivity index (χ1v) is 5.01. The van der Waals surface area contributed by atoms with Crippen LogP contribution in [0, 0.1) is 5.82 Å². The van der Waals surface area contributed by atoms with Gasteiger partial charge in [-0.1, -0.05) is 6.07 Å². The molecular weight excluding hydrogens is 227 g/mol. The Bertz CT molecular complexity index is 423. The second-order valence-electron chi connectivity index (χ2n) is 3.52. The second-order valence-corrected chi connectivity index (χ2v) is 3.52. The molecule has 0 spiro atoms. The minimum absolute atomic E-state index is 0.196. The molecule has 3 N–H and O–H groups in total. The van der Waals surface area contributed by atoms with E-state index in [1.165, 1.54) is 18.2 Å². The molecule has 0 saturated heterocycles. The Morgan fingerprint density at radius 2 is 2.12 bits per heavy atom. The Kier molecular flexibility index (Phi) is 4.59. The van der Waals surface area contributed by atoms with Crippen LogP contribution in [0.25, 0.3) is 0 Å². The van der Waals surface area contributed by atoms with Gasteiger partial charge in [-0.3, -0.25) is 9.59 Å². The zero-order valence-corrected chi connectivity index (χ0v) is 9.24. The van der Waals surface area contributed by atoms with E-state index in [9.17, 15) is 14.0 Å². The summed E-state index contributed by atoms with van der Waals surface area (Å²) in [5, 5.41) is 13.2. The molecule has 92 valence electrons. The van der Waals surface area contributed by atoms with Crippen LogP contribution in [0.5, 0.6) is 0 Å². The van der Waals surface area contributed by atoms with E-state index in [0.29, 0.717) is 0 Å². The first-order chi connectivity index (χ1) is 8.02. The van der Waals surface area contributed by atoms with E-state index in [0.717, 1.165) is 6.07 Å². The van der Waals surface area contributed by atoms with Gasteiger partial charge in [0.05, 0.1) is 6.61 Å². The molecule has 0 heterocycles. The van der Waals surface area contributed by atoms with Gasteiger partial charge in [0.2, 0.25) is 0 Å². The predicted molar refractivity (Wildman–Crippen MR) is 59.7 cm³/mol. The number of amides is 2. The van der Waals surface area contributed by atoms with Crippen LogP contribution in [0.2, 0.25) is 0 Å². The van der Waals surface area contributed by atoms with Crippen molar-refractivity contribution in [3.05, 3.63) is 30.1 Å². The molecule has 0 aliphatic rings. The molecule has 0 fully saturated rings. The topological polar surface area (TPSA) is 78.4 Å². The van der Waals surface area contributed by atoms with Crippen molar-refractivity contribution < 1.29 is 19.1 Å². The number of halogens is 1. The van der Waals surface area contributed by atoms with Crippen LogP contribution in [0.3, 0.4) is 0 Å². The average molecular weight is 240 g/mol. The SMILES string of the molecule is CC(CO)NC(=O)C(=O)Nc1cccc(F)c1. The van der Waals surface area contributed by atoms with E-state index in [4.69, 9.17) is 5.11 Å². The van der Waals surface area contributed by atoms with E-state index in [1.807, 2.05) is 0 Å². The summed E-state index contributed by atoms with van der Waals surface area (Å²) < 4.78 is 12.8. The lowest BCUT2D eigenvalue weighted by molar-refractivity contribution is -0.136. The molecule has 1 aromatic carbocycles. The van der Waals surface area contributed by atoms with Gasteiger partial charge in [-0.2, -0.15) is 0 Å². The van der Waals surface area contributed by atoms with E-state index >= 15 is 0 Å². The normalized spacial score (nSPS) is 11.7. The number of aliphatic hydroxyl groups excluding tert-OH is 1. The number of aliphatic hydroxyl groups is 1. The molecule has 1 rings (SSSR count). The lowest BCUT2D eigenvalue weighted by Gasteiger charge is -2.10. The highest BCUT2D eigenvalue weighted by Crippen LogP contribution is 2.08. The highest BCUT2D eigenvalue weighted by Gasteiger charge is 2.15. The lowest BCUT2D eigenvalue weighted by atomic mass is 10.3. The van der Waals surface area contributed by atoms with Crippen molar-refractivity contribution in [1.82, 2.24) is 5.32 Å². The summed E-state index contributed by atoms with van der Waals surface area (Å²) in [7, 11) is 0. The summed E-state index contributed by atoms with van der Waals surface area (Å²) >= 11 is 0. The molecule has 0 saturated carbocycles. The van der Waals surface area contributed by atoms with Crippen LogP contribution in [0.1, 0.15) is 6.92 Å². The fraction of sp³-hybridized carbons (Fsp3) is 0.273. The molecule has 2 amide bonds. The molecule has 0 aromatic heterocycles. The average Bonchev–Trinajstić information content (AvgIpc) is 2.28. The summed E-state index contributed by atoms with van der Waals surface area (Å²) in [5.41, 5.74) is 0.196. The van der Waals surface area contributed by atoms with Gasteiger partial charge in [0.1, 0.15) is 5.82 Å². The van der Waals surface area contributed by atoms with Gasteiger partial charge >= 0.3 is 11.8 Å². The summed E-state index contributed by atoms with van der Waals surface area (Å²) in [5.74, 6) is -2.29. The highest BCUT2D eigenvalue weighted by atomic mass is 19.1. The molecule has 5 nitrogen and oxygen atoms in total. The van der Waals surface area contributed by atoms with Crippen molar-refractivity contribution >= 4 is 17.5 Å². The van der Waals surface area contributed by atoms with Gasteiger partial charge in [0.25, 0.3) is 0 Å². The van der Waals surface area contributed by atoms with Crippen molar-refractivity contribution in [3.63, 3.8) is 0 Å². The number of hydrogen-bond donors (Lipinski definition) is 3. The van der Waals surface area contributed by atoms with Crippen LogP contribution in [0.15, 0.2) is 24.3 Å². The molecule has 1 aromatic rings.